The van der Waals surface area contributed by atoms with Crippen LogP contribution >= 0.6 is 0 Å². The zero-order valence-corrected chi connectivity index (χ0v) is 21.3. The van der Waals surface area contributed by atoms with E-state index in [9.17, 15) is 14.4 Å². The zero-order chi connectivity index (χ0) is 24.7. The van der Waals surface area contributed by atoms with Crippen molar-refractivity contribution in [3.8, 4) is 0 Å². The molecular formula is C28H42N4O3. The number of nitrogens with zero attached hydrogens (tertiary/aromatic N) is 2. The highest BCUT2D eigenvalue weighted by Crippen LogP contribution is 2.34. The molecule has 1 spiro atoms. The number of likely N-dealkylation sites (tertiary alicyclic amines) is 1. The van der Waals surface area contributed by atoms with E-state index in [-0.39, 0.29) is 23.6 Å². The van der Waals surface area contributed by atoms with Crippen LogP contribution in [0.4, 0.5) is 0 Å². The largest absolute Gasteiger partial charge is 0.356 e. The maximum absolute atomic E-state index is 13.5. The van der Waals surface area contributed by atoms with E-state index in [1.807, 2.05) is 11.0 Å². The number of piperazine rings is 1. The van der Waals surface area contributed by atoms with Crippen molar-refractivity contribution in [2.24, 2.45) is 5.92 Å². The lowest BCUT2D eigenvalue weighted by atomic mass is 9.81. The first-order valence-electron chi connectivity index (χ1n) is 13.7. The first-order valence-corrected chi connectivity index (χ1v) is 13.7. The lowest BCUT2D eigenvalue weighted by Crippen LogP contribution is -2.72. The van der Waals surface area contributed by atoms with Gasteiger partial charge in [-0.05, 0) is 63.4 Å². The molecule has 1 atom stereocenters. The summed E-state index contributed by atoms with van der Waals surface area (Å²) in [6.07, 6.45) is 8.67. The second-order valence-electron chi connectivity index (χ2n) is 10.5. The van der Waals surface area contributed by atoms with Crippen molar-refractivity contribution in [2.45, 2.75) is 82.7 Å². The van der Waals surface area contributed by atoms with Crippen molar-refractivity contribution in [1.29, 1.82) is 0 Å². The van der Waals surface area contributed by atoms with E-state index in [2.05, 4.69) is 46.7 Å². The Kier molecular flexibility index (Phi) is 8.82. The predicted molar refractivity (Wildman–Crippen MR) is 137 cm³/mol. The fraction of sp³-hybridized carbons (Fsp3) is 0.679. The molecule has 7 heteroatoms. The first-order chi connectivity index (χ1) is 17.0. The van der Waals surface area contributed by atoms with Gasteiger partial charge in [-0.25, -0.2) is 0 Å². The number of carbonyl (C=O) groups excluding carboxylic acids is 3. The van der Waals surface area contributed by atoms with Crippen molar-refractivity contribution in [2.75, 3.05) is 32.7 Å². The van der Waals surface area contributed by atoms with Gasteiger partial charge in [0.15, 0.2) is 0 Å². The molecule has 1 aliphatic carbocycles. The van der Waals surface area contributed by atoms with Crippen molar-refractivity contribution in [1.82, 2.24) is 20.4 Å². The van der Waals surface area contributed by atoms with Crippen LogP contribution in [0.2, 0.25) is 0 Å². The molecular weight excluding hydrogens is 440 g/mol. The van der Waals surface area contributed by atoms with E-state index in [1.54, 1.807) is 0 Å². The topological polar surface area (TPSA) is 81.8 Å². The first kappa shape index (κ1) is 25.7. The van der Waals surface area contributed by atoms with Gasteiger partial charge < -0.3 is 20.4 Å². The molecule has 2 N–H and O–H groups in total. The van der Waals surface area contributed by atoms with E-state index in [1.165, 1.54) is 5.56 Å². The summed E-state index contributed by atoms with van der Waals surface area (Å²) in [5, 5.41) is 6.10. The fourth-order valence-corrected chi connectivity index (χ4v) is 5.69. The third kappa shape index (κ3) is 6.05. The Morgan fingerprint density at radius 3 is 2.49 bits per heavy atom. The van der Waals surface area contributed by atoms with Crippen LogP contribution in [0.5, 0.6) is 0 Å². The summed E-state index contributed by atoms with van der Waals surface area (Å²) in [5.41, 5.74) is 0.625. The van der Waals surface area contributed by atoms with Crippen LogP contribution < -0.4 is 10.6 Å². The number of unbranched alkanes of at least 4 members (excludes halogenated alkanes) is 1. The smallest absolute Gasteiger partial charge is 0.246 e. The molecule has 0 aromatic heterocycles. The summed E-state index contributed by atoms with van der Waals surface area (Å²) in [5.74, 6) is 0.474. The highest BCUT2D eigenvalue weighted by Gasteiger charge is 2.52. The lowest BCUT2D eigenvalue weighted by Gasteiger charge is -2.51. The van der Waals surface area contributed by atoms with Crippen LogP contribution in [0.3, 0.4) is 0 Å². The number of benzene rings is 1. The number of carbonyl (C=O) groups is 3. The Hall–Kier alpha value is -2.41. The van der Waals surface area contributed by atoms with Crippen LogP contribution in [-0.2, 0) is 20.8 Å². The Morgan fingerprint density at radius 2 is 1.83 bits per heavy atom. The van der Waals surface area contributed by atoms with Gasteiger partial charge in [-0.1, -0.05) is 43.7 Å². The monoisotopic (exact) mass is 482 g/mol. The van der Waals surface area contributed by atoms with E-state index in [0.29, 0.717) is 32.4 Å². The molecule has 1 aromatic carbocycles. The Morgan fingerprint density at radius 1 is 1.09 bits per heavy atom. The second kappa shape index (κ2) is 12.0. The molecule has 3 amide bonds. The Labute approximate surface area is 210 Å². The molecule has 35 heavy (non-hydrogen) atoms. The molecule has 0 unspecified atom stereocenters. The van der Waals surface area contributed by atoms with Crippen LogP contribution in [-0.4, -0.2) is 71.8 Å². The Bertz CT molecular complexity index is 862. The Balaban J connectivity index is 1.26. The molecule has 192 valence electrons. The van der Waals surface area contributed by atoms with Gasteiger partial charge in [0.1, 0.15) is 11.6 Å². The summed E-state index contributed by atoms with van der Waals surface area (Å²) >= 11 is 0. The van der Waals surface area contributed by atoms with Crippen LogP contribution in [0.25, 0.3) is 0 Å². The highest BCUT2D eigenvalue weighted by molar-refractivity contribution is 6.00. The zero-order valence-electron chi connectivity index (χ0n) is 21.3. The van der Waals surface area contributed by atoms with Crippen molar-refractivity contribution < 1.29 is 14.4 Å². The number of nitrogens with one attached hydrogen (secondary N) is 2. The normalized spacial score (nSPS) is 22.7. The molecule has 2 heterocycles. The van der Waals surface area contributed by atoms with Crippen molar-refractivity contribution in [3.05, 3.63) is 35.9 Å². The molecule has 7 nitrogen and oxygen atoms in total. The summed E-state index contributed by atoms with van der Waals surface area (Å²) < 4.78 is 0. The lowest BCUT2D eigenvalue weighted by molar-refractivity contribution is -0.161. The molecule has 3 aliphatic rings. The fourth-order valence-electron chi connectivity index (χ4n) is 5.69. The number of rotatable bonds is 11. The van der Waals surface area contributed by atoms with Gasteiger partial charge in [0.25, 0.3) is 0 Å². The molecule has 2 aliphatic heterocycles. The predicted octanol–water partition coefficient (Wildman–Crippen LogP) is 2.89. The van der Waals surface area contributed by atoms with Crippen LogP contribution in [0.15, 0.2) is 30.3 Å². The van der Waals surface area contributed by atoms with Gasteiger partial charge in [-0.3, -0.25) is 14.4 Å². The van der Waals surface area contributed by atoms with E-state index in [4.69, 9.17) is 0 Å². The number of hydrogen-bond donors (Lipinski definition) is 2. The minimum Gasteiger partial charge on any atom is -0.356 e. The van der Waals surface area contributed by atoms with Crippen molar-refractivity contribution in [3.63, 3.8) is 0 Å². The summed E-state index contributed by atoms with van der Waals surface area (Å²) in [6.45, 7) is 5.99. The highest BCUT2D eigenvalue weighted by atomic mass is 16.2. The van der Waals surface area contributed by atoms with Gasteiger partial charge in [0, 0.05) is 38.6 Å². The van der Waals surface area contributed by atoms with Crippen molar-refractivity contribution >= 4 is 17.7 Å². The average Bonchev–Trinajstić information content (AvgIpc) is 2.84. The molecule has 0 bridgehead atoms. The van der Waals surface area contributed by atoms with Crippen LogP contribution in [0, 0.1) is 5.92 Å². The van der Waals surface area contributed by atoms with E-state index >= 15 is 0 Å². The molecule has 2 saturated heterocycles. The standard InChI is InChI=1S/C28H42N4O3/c1-2-18-32-26(34)24(13-6-7-17-29-25(33)23-11-8-12-23)30-27(35)28(32)15-20-31(21-16-28)19-14-22-9-4-3-5-10-22/h3-5,9-10,23-24H,2,6-8,11-21H2,1H3,(H,29,33)(H,30,35)/t24-/m0/s1. The number of amides is 3. The maximum Gasteiger partial charge on any atom is 0.246 e. The van der Waals surface area contributed by atoms with Crippen LogP contribution in [0.1, 0.15) is 70.3 Å². The minimum atomic E-state index is -0.705. The SMILES string of the molecule is CCCN1C(=O)[C@H](CCCCNC(=O)C2CCC2)NC(=O)C12CCN(CCc1ccccc1)CC2. The van der Waals surface area contributed by atoms with Gasteiger partial charge >= 0.3 is 0 Å². The third-order valence-electron chi connectivity index (χ3n) is 8.19. The molecule has 3 fully saturated rings. The second-order valence-corrected chi connectivity index (χ2v) is 10.5. The van der Waals surface area contributed by atoms with E-state index in [0.717, 1.165) is 64.6 Å². The number of hydrogen-bond acceptors (Lipinski definition) is 4. The minimum absolute atomic E-state index is 0.0246. The van der Waals surface area contributed by atoms with E-state index < -0.39 is 11.6 Å². The van der Waals surface area contributed by atoms with Gasteiger partial charge in [-0.15, -0.1) is 0 Å². The van der Waals surface area contributed by atoms with Gasteiger partial charge in [0.05, 0.1) is 0 Å². The molecule has 1 aromatic rings. The summed E-state index contributed by atoms with van der Waals surface area (Å²) in [4.78, 5) is 43.2. The van der Waals surface area contributed by atoms with Gasteiger partial charge in [-0.2, -0.15) is 0 Å². The summed E-state index contributed by atoms with van der Waals surface area (Å²) in [6, 6.07) is 10.1. The maximum atomic E-state index is 13.5. The number of piperidine rings is 1. The summed E-state index contributed by atoms with van der Waals surface area (Å²) in [7, 11) is 0. The average molecular weight is 483 g/mol. The third-order valence-corrected chi connectivity index (χ3v) is 8.19. The molecule has 1 saturated carbocycles. The van der Waals surface area contributed by atoms with Gasteiger partial charge in [0.2, 0.25) is 17.7 Å². The molecule has 0 radical (unpaired) electrons. The quantitative estimate of drug-likeness (QED) is 0.475. The molecule has 4 rings (SSSR count).